The summed E-state index contributed by atoms with van der Waals surface area (Å²) in [6.45, 7) is 12.1. The molecule has 12 aromatic rings. The third kappa shape index (κ3) is 19.4. The van der Waals surface area contributed by atoms with E-state index in [2.05, 4.69) is 85.7 Å². The summed E-state index contributed by atoms with van der Waals surface area (Å²) >= 11 is 6.73. The van der Waals surface area contributed by atoms with Crippen molar-refractivity contribution in [2.24, 2.45) is 11.8 Å². The smallest absolute Gasteiger partial charge is 0.399 e. The zero-order valence-electron chi connectivity index (χ0n) is 68.1. The third-order valence-corrected chi connectivity index (χ3v) is 24.0. The van der Waals surface area contributed by atoms with Crippen LogP contribution < -0.4 is 22.1 Å². The summed E-state index contributed by atoms with van der Waals surface area (Å²) in [7, 11) is -0.453. The van der Waals surface area contributed by atoms with E-state index >= 15 is 8.78 Å². The first kappa shape index (κ1) is 91.0. The van der Waals surface area contributed by atoms with E-state index in [1.54, 1.807) is 60.9 Å². The number of aliphatic hydroxyl groups is 2. The molecule has 0 radical (unpaired) electrons. The number of halogens is 16. The minimum Gasteiger partial charge on any atom is -0.399 e. The second-order valence-corrected chi connectivity index (χ2v) is 35.3. The molecule has 0 spiro atoms. The average molecular weight is 1880 g/mol. The van der Waals surface area contributed by atoms with Crippen LogP contribution in [0.15, 0.2) is 175 Å². The zero-order valence-corrected chi connectivity index (χ0v) is 71.3. The highest BCUT2D eigenvalue weighted by Crippen LogP contribution is 2.70. The molecule has 3 fully saturated rings. The summed E-state index contributed by atoms with van der Waals surface area (Å²) in [6.07, 6.45) is -6.76. The van der Waals surface area contributed by atoms with Crippen LogP contribution in [-0.2, 0) is 69.0 Å². The number of ketones is 2. The molecular formula is C91H76BBr2F14N9O9. The lowest BCUT2D eigenvalue weighted by atomic mass is 9.76. The molecular weight excluding hydrogens is 1800 g/mol. The van der Waals surface area contributed by atoms with E-state index < -0.39 is 173 Å². The van der Waals surface area contributed by atoms with Gasteiger partial charge in [-0.05, 0) is 245 Å². The van der Waals surface area contributed by atoms with Gasteiger partial charge in [-0.25, -0.2) is 27.5 Å². The maximum absolute atomic E-state index is 15.3. The van der Waals surface area contributed by atoms with E-state index in [0.29, 0.717) is 58.6 Å². The predicted molar refractivity (Wildman–Crippen MR) is 447 cm³/mol. The quantitative estimate of drug-likeness (QED) is 0.0343. The Kier molecular flexibility index (Phi) is 24.7. The molecule has 0 amide bonds. The van der Waals surface area contributed by atoms with Crippen LogP contribution in [0.25, 0.3) is 43.4 Å². The van der Waals surface area contributed by atoms with Gasteiger partial charge in [-0.3, -0.25) is 33.3 Å². The molecule has 654 valence electrons. The number of aromatic amines is 3. The van der Waals surface area contributed by atoms with Crippen molar-refractivity contribution in [3.8, 4) is 34.8 Å². The highest BCUT2D eigenvalue weighted by Gasteiger charge is 2.70. The maximum atomic E-state index is 15.3. The number of nitrogens with one attached hydrogen (secondary N) is 3. The Morgan fingerprint density at radius 3 is 1.36 bits per heavy atom. The molecule has 17 rings (SSSR count). The summed E-state index contributed by atoms with van der Waals surface area (Å²) in [5, 5.41) is 31.1. The van der Waals surface area contributed by atoms with E-state index in [4.69, 9.17) is 14.3 Å². The standard InChI is InChI=1S/C38H29F7N4O3.C29H23BrF7N3O2.C15H18BNO3.C9H6BrNO/c1-36(2,52)10-8-23-6-7-27(25-4-3-5-28-26(25)9-11-46-35(28)51)32(47-23)20(12-19-13-21(39)16-22(40)14-19)15-24(50)18-49-34-31(33(48-49)38(43,44)45)29-17-30(29)37(34,41)42;1-27(2,42)6-5-18-3-4-22(30)24(38-18)15(7-14-8-16(31)11-17(32)9-14)10-19(41)13-40-26-23(25(39-40)29(35,36)37)20-12-21(20)28(26,33)34;1-14(2)15(3,4)20-16(19-14)12-7-5-6-11-10(12)8-9-17-13(11)18;10-8-3-1-2-7-6(8)4-5-11-9(7)12/h3-7,9,11,13-14,16,20,29-30,52H,12,15,17-18H2,1-2H3,(H,46,51);3-4,8-9,11,15,20-21,42H,7,10,12-13H2,1-2H3;5-9H,1-4H3,(H,17,18);1-5H,(H,11,12)/t20-,29+,30-;15-,20+,21-;;/m11../s1. The summed E-state index contributed by atoms with van der Waals surface area (Å²) in [6, 6.07) is 33.4. The molecule has 8 heterocycles. The normalized spacial score (nSPS) is 18.2. The molecule has 35 heteroatoms. The molecule has 126 heavy (non-hydrogen) atoms. The number of nitrogens with zero attached hydrogens (tertiary/aromatic N) is 6. The van der Waals surface area contributed by atoms with E-state index in [1.807, 2.05) is 70.2 Å². The number of H-pyrrole nitrogens is 3. The van der Waals surface area contributed by atoms with Crippen LogP contribution in [0.2, 0.25) is 0 Å². The fourth-order valence-corrected chi connectivity index (χ4v) is 17.2. The minimum absolute atomic E-state index is 0.0474. The molecule has 6 atom stereocenters. The number of rotatable bonds is 16. The van der Waals surface area contributed by atoms with Gasteiger partial charge in [0.1, 0.15) is 70.3 Å². The first-order valence-electron chi connectivity index (χ1n) is 39.5. The van der Waals surface area contributed by atoms with E-state index in [0.717, 1.165) is 45.0 Å². The second kappa shape index (κ2) is 34.2. The number of benzene rings is 5. The van der Waals surface area contributed by atoms with Crippen LogP contribution in [0.1, 0.15) is 173 Å². The number of pyridine rings is 5. The molecule has 5 aromatic carbocycles. The van der Waals surface area contributed by atoms with Gasteiger partial charge in [-0.15, -0.1) is 0 Å². The number of alkyl halides is 10. The molecule has 1 saturated heterocycles. The summed E-state index contributed by atoms with van der Waals surface area (Å²) in [4.78, 5) is 80.0. The van der Waals surface area contributed by atoms with Gasteiger partial charge in [0.25, 0.3) is 28.5 Å². The monoisotopic (exact) mass is 1870 g/mol. The lowest BCUT2D eigenvalue weighted by Gasteiger charge is -2.32. The molecule has 4 aliphatic carbocycles. The number of carbonyl (C=O) groups is 2. The Labute approximate surface area is 726 Å². The van der Waals surface area contributed by atoms with Crippen molar-refractivity contribution in [1.82, 2.24) is 44.5 Å². The number of carbonyl (C=O) groups excluding carboxylic acids is 2. The topological polar surface area (TPSA) is 253 Å². The fraction of sp³-hybridized carbons (Fsp3) is 0.330. The highest BCUT2D eigenvalue weighted by atomic mass is 79.9. The zero-order chi connectivity index (χ0) is 91.2. The number of aromatic nitrogens is 9. The van der Waals surface area contributed by atoms with Crippen molar-refractivity contribution in [3.05, 3.63) is 283 Å². The van der Waals surface area contributed by atoms with Gasteiger partial charge in [0.2, 0.25) is 0 Å². The van der Waals surface area contributed by atoms with Gasteiger partial charge in [-0.1, -0.05) is 58.1 Å². The van der Waals surface area contributed by atoms with Gasteiger partial charge in [0.05, 0.1) is 22.6 Å². The summed E-state index contributed by atoms with van der Waals surface area (Å²) in [5.41, 5.74) is -7.08. The third-order valence-electron chi connectivity index (χ3n) is 22.6. The Bertz CT molecular complexity index is 6610. The van der Waals surface area contributed by atoms with E-state index in [9.17, 15) is 86.9 Å². The molecule has 2 saturated carbocycles. The van der Waals surface area contributed by atoms with Crippen molar-refractivity contribution >= 4 is 88.3 Å². The van der Waals surface area contributed by atoms with Gasteiger partial charge in [0, 0.05) is 114 Å². The molecule has 5 N–H and O–H groups in total. The lowest BCUT2D eigenvalue weighted by molar-refractivity contribution is -0.143. The maximum Gasteiger partial charge on any atom is 0.495 e. The number of fused-ring (bicyclic) bond motifs is 9. The fourth-order valence-electron chi connectivity index (χ4n) is 16.1. The summed E-state index contributed by atoms with van der Waals surface area (Å²) in [5.74, 6) is -7.99. The van der Waals surface area contributed by atoms with Crippen molar-refractivity contribution in [2.75, 3.05) is 0 Å². The molecule has 5 aliphatic rings. The predicted octanol–water partition coefficient (Wildman–Crippen LogP) is 18.2. The summed E-state index contributed by atoms with van der Waals surface area (Å²) < 4.78 is 215. The highest BCUT2D eigenvalue weighted by molar-refractivity contribution is 9.11. The van der Waals surface area contributed by atoms with Crippen LogP contribution >= 0.6 is 31.9 Å². The molecule has 18 nitrogen and oxygen atoms in total. The largest absolute Gasteiger partial charge is 0.495 e. The van der Waals surface area contributed by atoms with Crippen molar-refractivity contribution < 1.29 is 90.6 Å². The van der Waals surface area contributed by atoms with Crippen molar-refractivity contribution in [2.45, 2.75) is 177 Å². The average Bonchev–Trinajstić information content (AvgIpc) is 1.52. The Balaban J connectivity index is 0.000000153. The van der Waals surface area contributed by atoms with Crippen LogP contribution in [0.3, 0.4) is 0 Å². The van der Waals surface area contributed by atoms with Crippen LogP contribution in [0, 0.1) is 58.8 Å². The molecule has 7 aromatic heterocycles. The molecule has 0 bridgehead atoms. The Morgan fingerprint density at radius 1 is 0.516 bits per heavy atom. The van der Waals surface area contributed by atoms with Gasteiger partial charge in [0.15, 0.2) is 23.0 Å². The van der Waals surface area contributed by atoms with Gasteiger partial charge in [-0.2, -0.15) is 54.1 Å². The van der Waals surface area contributed by atoms with Gasteiger partial charge >= 0.3 is 19.5 Å². The second-order valence-electron chi connectivity index (χ2n) is 33.6. The van der Waals surface area contributed by atoms with Crippen LogP contribution in [-0.4, -0.2) is 95.8 Å². The van der Waals surface area contributed by atoms with Gasteiger partial charge < -0.3 is 34.5 Å². The minimum atomic E-state index is -5.03. The van der Waals surface area contributed by atoms with E-state index in [-0.39, 0.29) is 87.5 Å². The van der Waals surface area contributed by atoms with Crippen LogP contribution in [0.5, 0.6) is 0 Å². The number of hydrogen-bond acceptors (Lipinski definition) is 13. The van der Waals surface area contributed by atoms with Crippen molar-refractivity contribution in [3.63, 3.8) is 0 Å². The van der Waals surface area contributed by atoms with Crippen LogP contribution in [0.4, 0.5) is 61.5 Å². The van der Waals surface area contributed by atoms with Crippen molar-refractivity contribution in [1.29, 1.82) is 0 Å². The first-order valence-corrected chi connectivity index (χ1v) is 41.1. The molecule has 0 unspecified atom stereocenters. The SMILES string of the molecule is CC(C)(O)C#Cc1ccc(-c2cccc3c(=O)[nH]ccc23)c([C@@H](CC(=O)Cn2nc(C(F)(F)F)c3c2C(F)(F)[C@@H]2C[C@H]32)Cc2cc(F)cc(F)c2)n1.CC(C)(O)C#Cc1ccc(Br)c([C@@H](CC(=O)Cn2nc(C(F)(F)F)c3c2C(F)(F)[C@@H]2C[C@H]32)Cc2cc(F)cc(F)c2)n1.CC1(C)OB(c2cccc3c(=O)[nH]ccc23)OC1(C)C.O=c1[nH]ccc2c(Br)cccc12. The lowest BCUT2D eigenvalue weighted by Crippen LogP contribution is -2.41. The Hall–Kier alpha value is -11.2. The number of hydrogen-bond donors (Lipinski definition) is 5. The first-order chi connectivity index (χ1) is 58.9. The molecule has 1 aliphatic heterocycles. The van der Waals surface area contributed by atoms with E-state index in [1.165, 1.54) is 40.0 Å². The number of Topliss-reactive ketones (excluding diaryl/α,β-unsaturated/α-hetero) is 2. The Morgan fingerprint density at radius 2 is 0.913 bits per heavy atom.